The highest BCUT2D eigenvalue weighted by molar-refractivity contribution is 7.89. The lowest BCUT2D eigenvalue weighted by atomic mass is 10.0. The van der Waals surface area contributed by atoms with Crippen molar-refractivity contribution in [3.8, 4) is 0 Å². The van der Waals surface area contributed by atoms with Crippen molar-refractivity contribution < 1.29 is 8.42 Å². The van der Waals surface area contributed by atoms with E-state index in [1.165, 1.54) is 11.8 Å². The van der Waals surface area contributed by atoms with E-state index in [4.69, 9.17) is 0 Å². The second-order valence-corrected chi connectivity index (χ2v) is 5.76. The fourth-order valence-corrected chi connectivity index (χ4v) is 1.92. The van der Waals surface area contributed by atoms with E-state index in [1.807, 2.05) is 6.92 Å². The molecule has 1 aliphatic rings. The smallest absolute Gasteiger partial charge is 0.205 e. The maximum Gasteiger partial charge on any atom is 0.250 e. The molecule has 0 unspecified atom stereocenters. The van der Waals surface area contributed by atoms with Gasteiger partial charge in [-0.05, 0) is 31.3 Å². The predicted molar refractivity (Wildman–Crippen MR) is 63.6 cm³/mol. The zero-order valence-electron chi connectivity index (χ0n) is 9.40. The molecular formula is C11H17NO2S. The molecule has 4 heteroatoms. The van der Waals surface area contributed by atoms with Gasteiger partial charge in [0.15, 0.2) is 0 Å². The maximum atomic E-state index is 10.9. The van der Waals surface area contributed by atoms with Gasteiger partial charge in [-0.3, -0.25) is 0 Å². The largest absolute Gasteiger partial charge is 0.250 e. The van der Waals surface area contributed by atoms with Crippen molar-refractivity contribution >= 4 is 16.2 Å². The maximum absolute atomic E-state index is 10.9. The van der Waals surface area contributed by atoms with Gasteiger partial charge in [0.25, 0.3) is 0 Å². The van der Waals surface area contributed by atoms with Gasteiger partial charge in [0.1, 0.15) is 0 Å². The molecule has 0 aromatic heterocycles. The van der Waals surface area contributed by atoms with E-state index in [1.54, 1.807) is 0 Å². The summed E-state index contributed by atoms with van der Waals surface area (Å²) in [6.45, 7) is 4.18. The Labute approximate surface area is 91.7 Å². The molecule has 15 heavy (non-hydrogen) atoms. The lowest BCUT2D eigenvalue weighted by Gasteiger charge is -2.05. The lowest BCUT2D eigenvalue weighted by molar-refractivity contribution is 0.604. The summed E-state index contributed by atoms with van der Waals surface area (Å²) in [5.74, 6) is 0.522. The van der Waals surface area contributed by atoms with Crippen LogP contribution in [-0.4, -0.2) is 20.9 Å². The van der Waals surface area contributed by atoms with Gasteiger partial charge in [0.05, 0.1) is 6.26 Å². The topological polar surface area (TPSA) is 46.5 Å². The number of rotatable bonds is 2. The molecular weight excluding hydrogens is 210 g/mol. The zero-order valence-corrected chi connectivity index (χ0v) is 10.2. The van der Waals surface area contributed by atoms with Gasteiger partial charge in [-0.2, -0.15) is 4.40 Å². The second-order valence-electron chi connectivity index (χ2n) is 4.09. The van der Waals surface area contributed by atoms with E-state index in [0.717, 1.165) is 24.7 Å². The summed E-state index contributed by atoms with van der Waals surface area (Å²) in [5, 5.41) is 0. The Kier molecular flexibility index (Phi) is 3.85. The van der Waals surface area contributed by atoms with Crippen molar-refractivity contribution in [2.45, 2.75) is 26.7 Å². The summed E-state index contributed by atoms with van der Waals surface area (Å²) in [6, 6.07) is 0. The molecule has 0 aromatic carbocycles. The van der Waals surface area contributed by atoms with Crippen LogP contribution in [0.2, 0.25) is 0 Å². The van der Waals surface area contributed by atoms with Crippen LogP contribution in [0.3, 0.4) is 0 Å². The fourth-order valence-electron chi connectivity index (χ4n) is 1.61. The summed E-state index contributed by atoms with van der Waals surface area (Å²) < 4.78 is 25.3. The Morgan fingerprint density at radius 3 is 2.80 bits per heavy atom. The van der Waals surface area contributed by atoms with Crippen molar-refractivity contribution in [2.75, 3.05) is 6.26 Å². The Morgan fingerprint density at radius 2 is 2.20 bits per heavy atom. The quantitative estimate of drug-likeness (QED) is 0.537. The molecule has 0 aromatic rings. The SMILES string of the molecule is CC1=C(/C=N/S(C)(=O)=O)CC=C[C@H](C)C1. The minimum absolute atomic E-state index is 0.522. The van der Waals surface area contributed by atoms with E-state index in [0.29, 0.717) is 5.92 Å². The molecule has 84 valence electrons. The first-order valence-corrected chi connectivity index (χ1v) is 6.84. The van der Waals surface area contributed by atoms with Crippen LogP contribution in [0.15, 0.2) is 27.7 Å². The molecule has 0 N–H and O–H groups in total. The molecule has 0 saturated heterocycles. The average Bonchev–Trinajstić information content (AvgIpc) is 2.22. The van der Waals surface area contributed by atoms with Gasteiger partial charge in [-0.25, -0.2) is 8.42 Å². The third-order valence-electron chi connectivity index (χ3n) is 2.38. The first-order chi connectivity index (χ1) is 6.88. The zero-order chi connectivity index (χ0) is 11.5. The molecule has 3 nitrogen and oxygen atoms in total. The van der Waals surface area contributed by atoms with Gasteiger partial charge in [0.2, 0.25) is 10.0 Å². The molecule has 1 atom stereocenters. The fraction of sp³-hybridized carbons (Fsp3) is 0.545. The molecule has 0 bridgehead atoms. The van der Waals surface area contributed by atoms with E-state index in [2.05, 4.69) is 23.5 Å². The van der Waals surface area contributed by atoms with Crippen LogP contribution >= 0.6 is 0 Å². The summed E-state index contributed by atoms with van der Waals surface area (Å²) in [7, 11) is -3.26. The predicted octanol–water partition coefficient (Wildman–Crippen LogP) is 2.32. The monoisotopic (exact) mass is 227 g/mol. The summed E-state index contributed by atoms with van der Waals surface area (Å²) in [6.07, 6.45) is 8.56. The summed E-state index contributed by atoms with van der Waals surface area (Å²) in [5.41, 5.74) is 2.24. The molecule has 0 spiro atoms. The molecule has 0 aliphatic heterocycles. The van der Waals surface area contributed by atoms with Gasteiger partial charge in [-0.15, -0.1) is 0 Å². The Balaban J connectivity index is 2.89. The number of allylic oxidation sites excluding steroid dienone is 4. The van der Waals surface area contributed by atoms with Crippen molar-refractivity contribution in [3.63, 3.8) is 0 Å². The van der Waals surface area contributed by atoms with Gasteiger partial charge < -0.3 is 0 Å². The number of hydrogen-bond donors (Lipinski definition) is 0. The molecule has 0 radical (unpaired) electrons. The third kappa shape index (κ3) is 4.42. The van der Waals surface area contributed by atoms with Crippen molar-refractivity contribution in [2.24, 2.45) is 10.3 Å². The minimum atomic E-state index is -3.26. The first kappa shape index (κ1) is 12.2. The molecule has 1 aliphatic carbocycles. The van der Waals surface area contributed by atoms with Crippen LogP contribution < -0.4 is 0 Å². The van der Waals surface area contributed by atoms with Gasteiger partial charge in [-0.1, -0.05) is 24.6 Å². The Hall–Kier alpha value is -0.900. The molecule has 0 amide bonds. The number of nitrogens with zero attached hydrogens (tertiary/aromatic N) is 1. The molecule has 0 saturated carbocycles. The minimum Gasteiger partial charge on any atom is -0.205 e. The highest BCUT2D eigenvalue weighted by Gasteiger charge is 2.08. The van der Waals surface area contributed by atoms with E-state index in [-0.39, 0.29) is 0 Å². The van der Waals surface area contributed by atoms with Crippen molar-refractivity contribution in [1.29, 1.82) is 0 Å². The Bertz CT molecular complexity index is 416. The van der Waals surface area contributed by atoms with E-state index < -0.39 is 10.0 Å². The van der Waals surface area contributed by atoms with Crippen LogP contribution in [0.1, 0.15) is 26.7 Å². The molecule has 1 rings (SSSR count). The van der Waals surface area contributed by atoms with Gasteiger partial charge >= 0.3 is 0 Å². The van der Waals surface area contributed by atoms with Crippen molar-refractivity contribution in [3.05, 3.63) is 23.3 Å². The van der Waals surface area contributed by atoms with Crippen LogP contribution in [0.4, 0.5) is 0 Å². The lowest BCUT2D eigenvalue weighted by Crippen LogP contribution is -1.96. The number of hydrogen-bond acceptors (Lipinski definition) is 2. The summed E-state index contributed by atoms with van der Waals surface area (Å²) in [4.78, 5) is 0. The normalized spacial score (nSPS) is 23.5. The standard InChI is InChI=1S/C11H17NO2S/c1-9-5-4-6-11(10(2)7-9)8-12-15(3,13)14/h4-5,8-9H,6-7H2,1-3H3/b12-8+/t9-/m0/s1. The van der Waals surface area contributed by atoms with Crippen LogP contribution in [0.25, 0.3) is 0 Å². The molecule has 0 heterocycles. The van der Waals surface area contributed by atoms with E-state index >= 15 is 0 Å². The molecule has 0 fully saturated rings. The first-order valence-electron chi connectivity index (χ1n) is 4.99. The van der Waals surface area contributed by atoms with Crippen molar-refractivity contribution in [1.82, 2.24) is 0 Å². The number of sulfonamides is 1. The van der Waals surface area contributed by atoms with Crippen LogP contribution in [-0.2, 0) is 10.0 Å². The highest BCUT2D eigenvalue weighted by Crippen LogP contribution is 2.21. The second kappa shape index (κ2) is 4.75. The highest BCUT2D eigenvalue weighted by atomic mass is 32.2. The van der Waals surface area contributed by atoms with Crippen LogP contribution in [0, 0.1) is 5.92 Å². The summed E-state index contributed by atoms with van der Waals surface area (Å²) >= 11 is 0. The average molecular weight is 227 g/mol. The van der Waals surface area contributed by atoms with Gasteiger partial charge in [0, 0.05) is 6.21 Å². The van der Waals surface area contributed by atoms with Crippen LogP contribution in [0.5, 0.6) is 0 Å². The third-order valence-corrected chi connectivity index (χ3v) is 2.87. The van der Waals surface area contributed by atoms with E-state index in [9.17, 15) is 8.42 Å². The Morgan fingerprint density at radius 1 is 1.53 bits per heavy atom.